The third kappa shape index (κ3) is 5.24. The zero-order valence-electron chi connectivity index (χ0n) is 12.0. The first-order valence-corrected chi connectivity index (χ1v) is 9.59. The van der Waals surface area contributed by atoms with Crippen molar-refractivity contribution in [3.05, 3.63) is 33.8 Å². The number of nitrogens with zero attached hydrogens (tertiary/aromatic N) is 2. The van der Waals surface area contributed by atoms with Gasteiger partial charge in [0.1, 0.15) is 0 Å². The molecule has 1 aliphatic rings. The van der Waals surface area contributed by atoms with E-state index >= 15 is 0 Å². The maximum Gasteiger partial charge on any atom is 0.230 e. The number of thioether (sulfide) groups is 1. The summed E-state index contributed by atoms with van der Waals surface area (Å²) in [5, 5.41) is 16.2. The van der Waals surface area contributed by atoms with E-state index in [0.29, 0.717) is 28.4 Å². The molecule has 1 fully saturated rings. The Morgan fingerprint density at radius 2 is 2.17 bits per heavy atom. The summed E-state index contributed by atoms with van der Waals surface area (Å²) in [5.41, 5.74) is 0.834. The van der Waals surface area contributed by atoms with Crippen LogP contribution in [0, 0.1) is 0 Å². The van der Waals surface area contributed by atoms with Gasteiger partial charge in [0.15, 0.2) is 4.34 Å². The first kappa shape index (κ1) is 16.8. The van der Waals surface area contributed by atoms with Crippen LogP contribution in [0.25, 0.3) is 0 Å². The smallest absolute Gasteiger partial charge is 0.230 e. The zero-order valence-corrected chi connectivity index (χ0v) is 15.2. The lowest BCUT2D eigenvalue weighted by Crippen LogP contribution is -2.24. The van der Waals surface area contributed by atoms with Gasteiger partial charge < -0.3 is 10.6 Å². The average Bonchev–Trinajstić information content (AvgIpc) is 3.21. The van der Waals surface area contributed by atoms with E-state index in [9.17, 15) is 4.79 Å². The van der Waals surface area contributed by atoms with Crippen LogP contribution in [-0.4, -0.2) is 27.9 Å². The van der Waals surface area contributed by atoms with Crippen LogP contribution in [0.3, 0.4) is 0 Å². The number of halogens is 2. The van der Waals surface area contributed by atoms with Crippen molar-refractivity contribution in [2.24, 2.45) is 0 Å². The van der Waals surface area contributed by atoms with Crippen molar-refractivity contribution in [3.8, 4) is 0 Å². The molecule has 1 saturated carbocycles. The Kier molecular flexibility index (Phi) is 5.63. The second-order valence-electron chi connectivity index (χ2n) is 5.09. The SMILES string of the molecule is O=C(CSc1nnc(NC2CC2)s1)NCc1ccc(Cl)cc1Cl. The van der Waals surface area contributed by atoms with Crippen molar-refractivity contribution in [1.82, 2.24) is 15.5 Å². The van der Waals surface area contributed by atoms with Gasteiger partial charge in [0, 0.05) is 22.6 Å². The lowest BCUT2D eigenvalue weighted by Gasteiger charge is -2.06. The fourth-order valence-corrected chi connectivity index (χ4v) is 3.90. The predicted molar refractivity (Wildman–Crippen MR) is 95.6 cm³/mol. The van der Waals surface area contributed by atoms with Gasteiger partial charge >= 0.3 is 0 Å². The third-order valence-corrected chi connectivity index (χ3v) is 5.70. The summed E-state index contributed by atoms with van der Waals surface area (Å²) in [6.07, 6.45) is 2.38. The van der Waals surface area contributed by atoms with Crippen LogP contribution < -0.4 is 10.6 Å². The summed E-state index contributed by atoms with van der Waals surface area (Å²) < 4.78 is 0.785. The Bertz CT molecular complexity index is 706. The lowest BCUT2D eigenvalue weighted by atomic mass is 10.2. The molecule has 0 spiro atoms. The minimum absolute atomic E-state index is 0.0760. The number of rotatable bonds is 7. The number of nitrogens with one attached hydrogen (secondary N) is 2. The van der Waals surface area contributed by atoms with Crippen LogP contribution in [0.2, 0.25) is 10.0 Å². The number of hydrogen-bond donors (Lipinski definition) is 2. The summed E-state index contributed by atoms with van der Waals surface area (Å²) in [6, 6.07) is 5.76. The standard InChI is InChI=1S/C14H14Cl2N4OS2/c15-9-2-1-8(11(16)5-9)6-17-12(21)7-22-14-20-19-13(23-14)18-10-3-4-10/h1-2,5,10H,3-4,6-7H2,(H,17,21)(H,18,19). The van der Waals surface area contributed by atoms with Crippen molar-refractivity contribution in [1.29, 1.82) is 0 Å². The molecule has 23 heavy (non-hydrogen) atoms. The second kappa shape index (κ2) is 7.70. The zero-order chi connectivity index (χ0) is 16.2. The van der Waals surface area contributed by atoms with Gasteiger partial charge in [0.25, 0.3) is 0 Å². The molecule has 0 radical (unpaired) electrons. The molecular weight excluding hydrogens is 375 g/mol. The quantitative estimate of drug-likeness (QED) is 0.705. The van der Waals surface area contributed by atoms with E-state index in [1.807, 2.05) is 0 Å². The van der Waals surface area contributed by atoms with Gasteiger partial charge in [0.2, 0.25) is 11.0 Å². The van der Waals surface area contributed by atoms with Crippen LogP contribution >= 0.6 is 46.3 Å². The number of amides is 1. The molecule has 1 aromatic carbocycles. The molecule has 1 heterocycles. The highest BCUT2D eigenvalue weighted by molar-refractivity contribution is 8.01. The lowest BCUT2D eigenvalue weighted by molar-refractivity contribution is -0.118. The Balaban J connectivity index is 1.43. The van der Waals surface area contributed by atoms with Crippen LogP contribution in [0.5, 0.6) is 0 Å². The van der Waals surface area contributed by atoms with Crippen molar-refractivity contribution >= 4 is 57.3 Å². The van der Waals surface area contributed by atoms with Crippen LogP contribution in [0.1, 0.15) is 18.4 Å². The van der Waals surface area contributed by atoms with E-state index in [2.05, 4.69) is 20.8 Å². The molecule has 0 unspecified atom stereocenters. The van der Waals surface area contributed by atoms with Gasteiger partial charge in [-0.2, -0.15) is 0 Å². The Morgan fingerprint density at radius 3 is 2.91 bits per heavy atom. The Morgan fingerprint density at radius 1 is 1.35 bits per heavy atom. The summed E-state index contributed by atoms with van der Waals surface area (Å²) in [7, 11) is 0. The highest BCUT2D eigenvalue weighted by atomic mass is 35.5. The minimum Gasteiger partial charge on any atom is -0.357 e. The molecule has 3 rings (SSSR count). The molecule has 122 valence electrons. The average molecular weight is 389 g/mol. The molecular formula is C14H14Cl2N4OS2. The molecule has 0 saturated heterocycles. The van der Waals surface area contributed by atoms with Crippen molar-refractivity contribution in [3.63, 3.8) is 0 Å². The topological polar surface area (TPSA) is 66.9 Å². The van der Waals surface area contributed by atoms with Gasteiger partial charge in [-0.05, 0) is 30.5 Å². The van der Waals surface area contributed by atoms with Gasteiger partial charge in [-0.1, -0.05) is 52.4 Å². The van der Waals surface area contributed by atoms with Crippen LogP contribution in [0.4, 0.5) is 5.13 Å². The maximum atomic E-state index is 11.9. The normalized spacial score (nSPS) is 13.8. The monoisotopic (exact) mass is 388 g/mol. The molecule has 2 aromatic rings. The van der Waals surface area contributed by atoms with E-state index in [1.54, 1.807) is 18.2 Å². The van der Waals surface area contributed by atoms with Crippen LogP contribution in [-0.2, 0) is 11.3 Å². The third-order valence-electron chi connectivity index (χ3n) is 3.13. The number of aromatic nitrogens is 2. The molecule has 0 atom stereocenters. The van der Waals surface area contributed by atoms with E-state index in [-0.39, 0.29) is 5.91 Å². The van der Waals surface area contributed by atoms with Gasteiger partial charge in [-0.15, -0.1) is 10.2 Å². The molecule has 0 aliphatic heterocycles. The number of anilines is 1. The van der Waals surface area contributed by atoms with Crippen molar-refractivity contribution in [2.45, 2.75) is 29.8 Å². The summed E-state index contributed by atoms with van der Waals surface area (Å²) in [5.74, 6) is 0.219. The highest BCUT2D eigenvalue weighted by Crippen LogP contribution is 2.30. The molecule has 9 heteroatoms. The Labute approximate surface area is 152 Å². The van der Waals surface area contributed by atoms with E-state index < -0.39 is 0 Å². The fourth-order valence-electron chi connectivity index (χ4n) is 1.77. The first-order chi connectivity index (χ1) is 11.1. The number of benzene rings is 1. The van der Waals surface area contributed by atoms with Gasteiger partial charge in [-0.3, -0.25) is 4.79 Å². The van der Waals surface area contributed by atoms with Gasteiger partial charge in [-0.25, -0.2) is 0 Å². The second-order valence-corrected chi connectivity index (χ2v) is 8.14. The molecule has 1 aromatic heterocycles. The molecule has 5 nitrogen and oxygen atoms in total. The van der Waals surface area contributed by atoms with E-state index in [4.69, 9.17) is 23.2 Å². The minimum atomic E-state index is -0.0760. The van der Waals surface area contributed by atoms with E-state index in [0.717, 1.165) is 15.0 Å². The predicted octanol–water partition coefficient (Wildman–Crippen LogP) is 3.83. The van der Waals surface area contributed by atoms with Gasteiger partial charge in [0.05, 0.1) is 5.75 Å². The number of carbonyl (C=O) groups is 1. The molecule has 1 amide bonds. The largest absolute Gasteiger partial charge is 0.357 e. The number of carbonyl (C=O) groups excluding carboxylic acids is 1. The Hall–Kier alpha value is -1.02. The van der Waals surface area contributed by atoms with Crippen molar-refractivity contribution < 1.29 is 4.79 Å². The molecule has 1 aliphatic carbocycles. The number of hydrogen-bond acceptors (Lipinski definition) is 6. The highest BCUT2D eigenvalue weighted by Gasteiger charge is 2.22. The van der Waals surface area contributed by atoms with E-state index in [1.165, 1.54) is 35.9 Å². The van der Waals surface area contributed by atoms with Crippen molar-refractivity contribution in [2.75, 3.05) is 11.1 Å². The molecule has 2 N–H and O–H groups in total. The maximum absolute atomic E-state index is 11.9. The summed E-state index contributed by atoms with van der Waals surface area (Å²) in [6.45, 7) is 0.375. The molecule has 0 bridgehead atoms. The fraction of sp³-hybridized carbons (Fsp3) is 0.357. The first-order valence-electron chi connectivity index (χ1n) is 7.03. The summed E-state index contributed by atoms with van der Waals surface area (Å²) >= 11 is 14.8. The summed E-state index contributed by atoms with van der Waals surface area (Å²) in [4.78, 5) is 11.9. The van der Waals surface area contributed by atoms with Crippen LogP contribution in [0.15, 0.2) is 22.5 Å².